The fourth-order valence-corrected chi connectivity index (χ4v) is 3.67. The highest BCUT2D eigenvalue weighted by molar-refractivity contribution is 7.90. The molecule has 0 aliphatic carbocycles. The molecule has 0 bridgehead atoms. The van der Waals surface area contributed by atoms with Crippen LogP contribution in [-0.2, 0) is 16.4 Å². The average Bonchev–Trinajstić information content (AvgIpc) is 2.47. The molecule has 0 aromatic heterocycles. The zero-order chi connectivity index (χ0) is 16.0. The summed E-state index contributed by atoms with van der Waals surface area (Å²) >= 11 is 0. The van der Waals surface area contributed by atoms with Gasteiger partial charge in [-0.3, -0.25) is 0 Å². The number of hydrogen-bond donors (Lipinski definition) is 0. The maximum atomic E-state index is 12.4. The van der Waals surface area contributed by atoms with E-state index in [-0.39, 0.29) is 12.5 Å². The fraction of sp³-hybridized carbons (Fsp3) is 0.533. The van der Waals surface area contributed by atoms with Gasteiger partial charge in [-0.1, -0.05) is 25.1 Å². The summed E-state index contributed by atoms with van der Waals surface area (Å²) in [6.45, 7) is 3.53. The summed E-state index contributed by atoms with van der Waals surface area (Å²) in [4.78, 5) is 0. The lowest BCUT2D eigenvalue weighted by Gasteiger charge is -2.26. The lowest BCUT2D eigenvalue weighted by molar-refractivity contribution is 0.371. The van der Waals surface area contributed by atoms with Crippen molar-refractivity contribution in [3.8, 4) is 11.8 Å². The van der Waals surface area contributed by atoms with Gasteiger partial charge in [-0.15, -0.1) is 0 Å². The summed E-state index contributed by atoms with van der Waals surface area (Å²) in [7, 11) is -0.495. The molecule has 0 fully saturated rings. The van der Waals surface area contributed by atoms with Crippen molar-refractivity contribution in [1.82, 2.24) is 4.31 Å². The number of hydrogen-bond acceptors (Lipinski definition) is 4. The third-order valence-corrected chi connectivity index (χ3v) is 5.92. The van der Waals surface area contributed by atoms with Crippen molar-refractivity contribution in [2.24, 2.45) is 0 Å². The standard InChI is InChI=1S/C15H22N2O3S/c1-5-14(11-16)21(18,19)17(3)12(2)10-13-8-6-7-9-15(13)20-4/h6-9,12,14H,5,10H2,1-4H3. The monoisotopic (exact) mass is 310 g/mol. The van der Waals surface area contributed by atoms with Crippen LogP contribution in [0, 0.1) is 11.3 Å². The van der Waals surface area contributed by atoms with E-state index in [9.17, 15) is 8.42 Å². The van der Waals surface area contributed by atoms with Gasteiger partial charge in [-0.2, -0.15) is 5.26 Å². The molecule has 1 aromatic rings. The van der Waals surface area contributed by atoms with E-state index in [2.05, 4.69) is 0 Å². The molecule has 1 aromatic carbocycles. The molecule has 6 heteroatoms. The summed E-state index contributed by atoms with van der Waals surface area (Å²) < 4.78 is 31.3. The van der Waals surface area contributed by atoms with E-state index < -0.39 is 15.3 Å². The minimum absolute atomic E-state index is 0.256. The number of sulfonamides is 1. The topological polar surface area (TPSA) is 70.4 Å². The van der Waals surface area contributed by atoms with E-state index in [4.69, 9.17) is 10.00 Å². The second kappa shape index (κ2) is 7.43. The molecule has 2 atom stereocenters. The maximum absolute atomic E-state index is 12.4. The number of nitrogens with zero attached hydrogens (tertiary/aromatic N) is 2. The smallest absolute Gasteiger partial charge is 0.230 e. The highest BCUT2D eigenvalue weighted by Crippen LogP contribution is 2.22. The molecule has 5 nitrogen and oxygen atoms in total. The number of benzene rings is 1. The Bertz CT molecular complexity index is 608. The zero-order valence-corrected chi connectivity index (χ0v) is 13.7. The fourth-order valence-electron chi connectivity index (χ4n) is 2.14. The van der Waals surface area contributed by atoms with Crippen molar-refractivity contribution in [2.75, 3.05) is 14.2 Å². The molecule has 0 saturated heterocycles. The normalized spacial score (nSPS) is 14.5. The van der Waals surface area contributed by atoms with Gasteiger partial charge >= 0.3 is 0 Å². The molecule has 0 aliphatic rings. The molecule has 116 valence electrons. The number of ether oxygens (including phenoxy) is 1. The van der Waals surface area contributed by atoms with Crippen LogP contribution in [0.3, 0.4) is 0 Å². The second-order valence-electron chi connectivity index (χ2n) is 4.95. The maximum Gasteiger partial charge on any atom is 0.230 e. The van der Waals surface area contributed by atoms with Crippen molar-refractivity contribution >= 4 is 10.0 Å². The van der Waals surface area contributed by atoms with E-state index in [1.54, 1.807) is 14.0 Å². The van der Waals surface area contributed by atoms with Gasteiger partial charge in [0.1, 0.15) is 5.75 Å². The van der Waals surface area contributed by atoms with E-state index in [0.717, 1.165) is 11.3 Å². The van der Waals surface area contributed by atoms with Crippen molar-refractivity contribution < 1.29 is 13.2 Å². The largest absolute Gasteiger partial charge is 0.496 e. The van der Waals surface area contributed by atoms with Crippen LogP contribution in [0.4, 0.5) is 0 Å². The van der Waals surface area contributed by atoms with Crippen LogP contribution < -0.4 is 4.74 Å². The third-order valence-electron chi connectivity index (χ3n) is 3.60. The quantitative estimate of drug-likeness (QED) is 0.774. The van der Waals surface area contributed by atoms with Crippen LogP contribution in [0.1, 0.15) is 25.8 Å². The summed E-state index contributed by atoms with van der Waals surface area (Å²) in [5, 5.41) is 7.99. The number of para-hydroxylation sites is 1. The van der Waals surface area contributed by atoms with Crippen LogP contribution >= 0.6 is 0 Å². The van der Waals surface area contributed by atoms with Gasteiger partial charge in [0, 0.05) is 13.1 Å². The Morgan fingerprint density at radius 1 is 1.38 bits per heavy atom. The van der Waals surface area contributed by atoms with Crippen molar-refractivity contribution in [3.05, 3.63) is 29.8 Å². The highest BCUT2D eigenvalue weighted by atomic mass is 32.2. The summed E-state index contributed by atoms with van der Waals surface area (Å²) in [5.41, 5.74) is 0.944. The summed E-state index contributed by atoms with van der Waals surface area (Å²) in [6.07, 6.45) is 0.812. The molecule has 0 saturated carbocycles. The predicted octanol–water partition coefficient (Wildman–Crippen LogP) is 2.19. The van der Waals surface area contributed by atoms with Gasteiger partial charge in [0.05, 0.1) is 13.2 Å². The summed E-state index contributed by atoms with van der Waals surface area (Å²) in [6, 6.07) is 9.13. The lowest BCUT2D eigenvalue weighted by atomic mass is 10.1. The first-order chi connectivity index (χ1) is 9.88. The zero-order valence-electron chi connectivity index (χ0n) is 12.9. The van der Waals surface area contributed by atoms with Crippen LogP contribution in [0.2, 0.25) is 0 Å². The Morgan fingerprint density at radius 3 is 2.52 bits per heavy atom. The van der Waals surface area contributed by atoms with Gasteiger partial charge in [0.2, 0.25) is 10.0 Å². The van der Waals surface area contributed by atoms with E-state index in [0.29, 0.717) is 6.42 Å². The average molecular weight is 310 g/mol. The van der Waals surface area contributed by atoms with Crippen LogP contribution in [0.5, 0.6) is 5.75 Å². The second-order valence-corrected chi connectivity index (χ2v) is 7.13. The van der Waals surface area contributed by atoms with Gasteiger partial charge in [-0.25, -0.2) is 12.7 Å². The summed E-state index contributed by atoms with van der Waals surface area (Å²) in [5.74, 6) is 0.738. The molecule has 0 aliphatic heterocycles. The molecule has 0 amide bonds. The van der Waals surface area contributed by atoms with Gasteiger partial charge in [-0.05, 0) is 31.4 Å². The molecule has 0 spiro atoms. The molecular weight excluding hydrogens is 288 g/mol. The molecular formula is C15H22N2O3S. The van der Waals surface area contributed by atoms with Crippen molar-refractivity contribution in [1.29, 1.82) is 5.26 Å². The highest BCUT2D eigenvalue weighted by Gasteiger charge is 2.31. The molecule has 0 heterocycles. The number of likely N-dealkylation sites (N-methyl/N-ethyl adjacent to an activating group) is 1. The molecule has 0 radical (unpaired) electrons. The van der Waals surface area contributed by atoms with Gasteiger partial charge in [0.25, 0.3) is 0 Å². The van der Waals surface area contributed by atoms with Gasteiger partial charge < -0.3 is 4.74 Å². The number of rotatable bonds is 7. The first-order valence-corrected chi connectivity index (χ1v) is 8.37. The SMILES string of the molecule is CCC(C#N)S(=O)(=O)N(C)C(C)Cc1ccccc1OC. The number of methoxy groups -OCH3 is 1. The van der Waals surface area contributed by atoms with Crippen molar-refractivity contribution in [3.63, 3.8) is 0 Å². The van der Waals surface area contributed by atoms with E-state index in [1.807, 2.05) is 37.3 Å². The van der Waals surface area contributed by atoms with E-state index >= 15 is 0 Å². The van der Waals surface area contributed by atoms with Gasteiger partial charge in [0.15, 0.2) is 5.25 Å². The minimum Gasteiger partial charge on any atom is -0.496 e. The molecule has 1 rings (SSSR count). The molecule has 21 heavy (non-hydrogen) atoms. The Balaban J connectivity index is 2.94. The van der Waals surface area contributed by atoms with Crippen LogP contribution in [-0.4, -0.2) is 38.2 Å². The Morgan fingerprint density at radius 2 is 2.00 bits per heavy atom. The minimum atomic E-state index is -3.61. The predicted molar refractivity (Wildman–Crippen MR) is 82.5 cm³/mol. The Kier molecular flexibility index (Phi) is 6.19. The first kappa shape index (κ1) is 17.5. The van der Waals surface area contributed by atoms with Crippen LogP contribution in [0.15, 0.2) is 24.3 Å². The molecule has 2 unspecified atom stereocenters. The lowest BCUT2D eigenvalue weighted by Crippen LogP contribution is -2.41. The Labute approximate surface area is 127 Å². The van der Waals surface area contributed by atoms with Crippen molar-refractivity contribution in [2.45, 2.75) is 38.0 Å². The number of nitriles is 1. The van der Waals surface area contributed by atoms with E-state index in [1.165, 1.54) is 11.4 Å². The molecule has 0 N–H and O–H groups in total. The van der Waals surface area contributed by atoms with Crippen LogP contribution in [0.25, 0.3) is 0 Å². The third kappa shape index (κ3) is 3.96. The Hall–Kier alpha value is -1.58. The first-order valence-electron chi connectivity index (χ1n) is 6.86.